The minimum absolute atomic E-state index is 0.00523. The molecule has 2 saturated heterocycles. The van der Waals surface area contributed by atoms with Gasteiger partial charge in [-0.2, -0.15) is 4.31 Å². The topological polar surface area (TPSA) is 154 Å². The number of azide groups is 1. The van der Waals surface area contributed by atoms with Gasteiger partial charge in [-0.1, -0.05) is 34.9 Å². The molecule has 3 fully saturated rings. The lowest BCUT2D eigenvalue weighted by Crippen LogP contribution is -2.60. The largest absolute Gasteiger partial charge is 0.444 e. The van der Waals surface area contributed by atoms with Gasteiger partial charge in [0.25, 0.3) is 0 Å². The van der Waals surface area contributed by atoms with E-state index in [0.29, 0.717) is 43.5 Å². The summed E-state index contributed by atoms with van der Waals surface area (Å²) >= 11 is 6.19. The molecular weight excluding hydrogens is 687 g/mol. The van der Waals surface area contributed by atoms with Crippen LogP contribution in [0.3, 0.4) is 0 Å². The van der Waals surface area contributed by atoms with Gasteiger partial charge in [0.2, 0.25) is 15.9 Å². The Balaban J connectivity index is 1.41. The lowest BCUT2D eigenvalue weighted by molar-refractivity contribution is -0.119. The SMILES string of the molecule is COC1CCC(c2ccc(Cl)cc2)(C(N=[N+]=[N-])C(=O)Nc2cccc(F)c2CC[C@H]2CN(C(=O)OC(C)(C)C)[C@@H]3CCCS(=O)(=O)N2C3)CC1. The van der Waals surface area contributed by atoms with Gasteiger partial charge < -0.3 is 19.7 Å². The highest BCUT2D eigenvalue weighted by Crippen LogP contribution is 2.45. The van der Waals surface area contributed by atoms with Gasteiger partial charge in [0.05, 0.1) is 11.9 Å². The third-order valence-corrected chi connectivity index (χ3v) is 12.4. The summed E-state index contributed by atoms with van der Waals surface area (Å²) in [5.74, 6) is -1.20. The molecule has 2 unspecified atom stereocenters. The lowest BCUT2D eigenvalue weighted by atomic mass is 9.64. The van der Waals surface area contributed by atoms with E-state index in [1.807, 2.05) is 12.1 Å². The summed E-state index contributed by atoms with van der Waals surface area (Å²) in [6.45, 7) is 5.56. The number of halogens is 2. The van der Waals surface area contributed by atoms with Crippen molar-refractivity contribution in [2.24, 2.45) is 5.11 Å². The molecular formula is C35H46ClFN6O6S. The second-order valence-corrected chi connectivity index (χ2v) is 16.9. The normalized spacial score (nSPS) is 27.0. The molecule has 1 saturated carbocycles. The van der Waals surface area contributed by atoms with Crippen LogP contribution in [0, 0.1) is 5.82 Å². The average Bonchev–Trinajstić information content (AvgIpc) is 3.19. The molecule has 2 aliphatic heterocycles. The number of carbonyl (C=O) groups excluding carboxylic acids is 2. The van der Waals surface area contributed by atoms with Crippen molar-refractivity contribution >= 4 is 39.3 Å². The molecule has 0 spiro atoms. The van der Waals surface area contributed by atoms with Crippen LogP contribution in [0.4, 0.5) is 14.9 Å². The van der Waals surface area contributed by atoms with E-state index in [1.54, 1.807) is 51.0 Å². The van der Waals surface area contributed by atoms with Gasteiger partial charge in [0.1, 0.15) is 17.5 Å². The van der Waals surface area contributed by atoms with E-state index in [2.05, 4.69) is 15.3 Å². The third kappa shape index (κ3) is 8.37. The number of nitrogens with zero attached hydrogens (tertiary/aromatic N) is 5. The molecule has 15 heteroatoms. The minimum Gasteiger partial charge on any atom is -0.444 e. The van der Waals surface area contributed by atoms with Crippen molar-refractivity contribution in [3.63, 3.8) is 0 Å². The number of sulfonamides is 1. The predicted octanol–water partition coefficient (Wildman–Crippen LogP) is 6.97. The summed E-state index contributed by atoms with van der Waals surface area (Å²) in [7, 11) is -1.97. The van der Waals surface area contributed by atoms with Crippen LogP contribution in [0.25, 0.3) is 10.4 Å². The zero-order valence-corrected chi connectivity index (χ0v) is 30.6. The fourth-order valence-corrected chi connectivity index (χ4v) is 9.58. The molecule has 5 rings (SSSR count). The van der Waals surface area contributed by atoms with Crippen LogP contribution in [0.15, 0.2) is 47.6 Å². The highest BCUT2D eigenvalue weighted by molar-refractivity contribution is 7.89. The van der Waals surface area contributed by atoms with Crippen molar-refractivity contribution in [3.05, 3.63) is 74.9 Å². The van der Waals surface area contributed by atoms with Crippen molar-refractivity contribution in [1.82, 2.24) is 9.21 Å². The van der Waals surface area contributed by atoms with Crippen molar-refractivity contribution in [2.75, 3.05) is 31.3 Å². The Kier molecular flexibility index (Phi) is 11.7. The van der Waals surface area contributed by atoms with Gasteiger partial charge in [-0.05, 0) is 107 Å². The smallest absolute Gasteiger partial charge is 0.410 e. The number of hydrogen-bond donors (Lipinski definition) is 1. The van der Waals surface area contributed by atoms with E-state index in [9.17, 15) is 23.5 Å². The highest BCUT2D eigenvalue weighted by atomic mass is 35.5. The molecule has 50 heavy (non-hydrogen) atoms. The van der Waals surface area contributed by atoms with Gasteiger partial charge in [-0.15, -0.1) is 0 Å². The van der Waals surface area contributed by atoms with Crippen LogP contribution in [0.5, 0.6) is 0 Å². The van der Waals surface area contributed by atoms with Crippen molar-refractivity contribution < 1.29 is 31.9 Å². The molecule has 4 atom stereocenters. The summed E-state index contributed by atoms with van der Waals surface area (Å²) in [5.41, 5.74) is 9.23. The molecule has 2 aromatic carbocycles. The quantitative estimate of drug-likeness (QED) is 0.167. The molecule has 2 amide bonds. The zero-order chi connectivity index (χ0) is 36.3. The maximum Gasteiger partial charge on any atom is 0.410 e. The van der Waals surface area contributed by atoms with E-state index in [4.69, 9.17) is 21.1 Å². The van der Waals surface area contributed by atoms with E-state index in [0.717, 1.165) is 5.56 Å². The van der Waals surface area contributed by atoms with Gasteiger partial charge in [-0.25, -0.2) is 17.6 Å². The number of methoxy groups -OCH3 is 1. The van der Waals surface area contributed by atoms with Crippen LogP contribution in [0.1, 0.15) is 76.8 Å². The molecule has 272 valence electrons. The molecule has 3 aliphatic rings. The minimum atomic E-state index is -3.61. The van der Waals surface area contributed by atoms with Crippen molar-refractivity contribution in [1.29, 1.82) is 0 Å². The first-order valence-electron chi connectivity index (χ1n) is 17.1. The van der Waals surface area contributed by atoms with Crippen LogP contribution in [-0.4, -0.2) is 85.4 Å². The number of anilines is 1. The fraction of sp³-hybridized carbons (Fsp3) is 0.600. The van der Waals surface area contributed by atoms with Crippen LogP contribution < -0.4 is 5.32 Å². The second-order valence-electron chi connectivity index (χ2n) is 14.5. The van der Waals surface area contributed by atoms with Crippen LogP contribution in [0.2, 0.25) is 5.02 Å². The standard InChI is InChI=1S/C35H46ClFN6O6S/c1-34(2,3)49-33(45)42-21-26(43-22-25(42)7-6-20-50(43,46)47)14-15-28-29(37)8-5-9-30(28)39-32(44)31(40-41-38)35(18-16-27(48-4)17-19-35)23-10-12-24(36)13-11-23/h5,8-13,25-27,31H,6-7,14-22H2,1-4H3,(H,39,44)/t25-,26+,27?,31?,35?/m1/s1. The van der Waals surface area contributed by atoms with Gasteiger partial charge in [-0.3, -0.25) is 4.79 Å². The van der Waals surface area contributed by atoms with E-state index >= 15 is 4.39 Å². The van der Waals surface area contributed by atoms with Crippen molar-refractivity contribution in [3.8, 4) is 0 Å². The van der Waals surface area contributed by atoms with E-state index in [-0.39, 0.29) is 55.1 Å². The van der Waals surface area contributed by atoms with Gasteiger partial charge in [0, 0.05) is 58.9 Å². The molecule has 2 aromatic rings. The Bertz CT molecular complexity index is 1710. The van der Waals surface area contributed by atoms with Crippen LogP contribution >= 0.6 is 11.6 Å². The first-order valence-corrected chi connectivity index (χ1v) is 19.1. The first kappa shape index (κ1) is 37.8. The van der Waals surface area contributed by atoms with Crippen LogP contribution in [-0.2, 0) is 36.1 Å². The Morgan fingerprint density at radius 1 is 1.14 bits per heavy atom. The maximum atomic E-state index is 15.6. The Hall–Kier alpha value is -3.42. The predicted molar refractivity (Wildman–Crippen MR) is 189 cm³/mol. The molecule has 2 heterocycles. The molecule has 1 aliphatic carbocycles. The number of hydrogen-bond acceptors (Lipinski definition) is 7. The maximum absolute atomic E-state index is 15.6. The second kappa shape index (κ2) is 15.4. The summed E-state index contributed by atoms with van der Waals surface area (Å²) in [4.78, 5) is 32.1. The Labute approximate surface area is 298 Å². The molecule has 12 nitrogen and oxygen atoms in total. The first-order chi connectivity index (χ1) is 23.7. The number of piperazine rings is 1. The molecule has 1 N–H and O–H groups in total. The fourth-order valence-electron chi connectivity index (χ4n) is 7.66. The lowest BCUT2D eigenvalue weighted by Gasteiger charge is -2.44. The number of benzene rings is 2. The average molecular weight is 733 g/mol. The zero-order valence-electron chi connectivity index (χ0n) is 29.0. The number of carbonyl (C=O) groups is 2. The Morgan fingerprint density at radius 3 is 2.48 bits per heavy atom. The molecule has 2 bridgehead atoms. The number of rotatable bonds is 9. The monoisotopic (exact) mass is 732 g/mol. The van der Waals surface area contributed by atoms with Gasteiger partial charge in [0.15, 0.2) is 0 Å². The summed E-state index contributed by atoms with van der Waals surface area (Å²) < 4.78 is 54.9. The van der Waals surface area contributed by atoms with E-state index < -0.39 is 50.9 Å². The highest BCUT2D eigenvalue weighted by Gasteiger charge is 2.47. The number of fused-ring (bicyclic) bond motifs is 2. The summed E-state index contributed by atoms with van der Waals surface area (Å²) in [5, 5.41) is 7.41. The molecule has 0 aromatic heterocycles. The van der Waals surface area contributed by atoms with Crippen molar-refractivity contribution in [2.45, 2.75) is 107 Å². The number of amides is 2. The Morgan fingerprint density at radius 2 is 1.84 bits per heavy atom. The third-order valence-electron chi connectivity index (χ3n) is 10.2. The number of nitrogens with one attached hydrogen (secondary N) is 1. The van der Waals surface area contributed by atoms with Gasteiger partial charge >= 0.3 is 6.09 Å². The molecule has 0 radical (unpaired) electrons. The van der Waals surface area contributed by atoms with E-state index in [1.165, 1.54) is 16.4 Å². The number of ether oxygens (including phenoxy) is 2. The summed E-state index contributed by atoms with van der Waals surface area (Å²) in [6, 6.07) is 9.34. The summed E-state index contributed by atoms with van der Waals surface area (Å²) in [6.07, 6.45) is 2.95.